The van der Waals surface area contributed by atoms with Crippen LogP contribution in [0, 0.1) is 17.5 Å². The van der Waals surface area contributed by atoms with Gasteiger partial charge in [-0.3, -0.25) is 0 Å². The van der Waals surface area contributed by atoms with Crippen LogP contribution in [0.3, 0.4) is 0 Å². The molecule has 25 heavy (non-hydrogen) atoms. The summed E-state index contributed by atoms with van der Waals surface area (Å²) in [5.41, 5.74) is 2.85. The van der Waals surface area contributed by atoms with E-state index in [-0.39, 0.29) is 11.4 Å². The Hall–Kier alpha value is -3.28. The third-order valence-electron chi connectivity index (χ3n) is 3.76. The minimum atomic E-state index is -0.698. The van der Waals surface area contributed by atoms with Gasteiger partial charge in [0, 0.05) is 17.2 Å². The smallest absolute Gasteiger partial charge is 0.126 e. The van der Waals surface area contributed by atoms with Gasteiger partial charge in [-0.1, -0.05) is 0 Å². The summed E-state index contributed by atoms with van der Waals surface area (Å²) < 4.78 is 40.2. The van der Waals surface area contributed by atoms with E-state index in [4.69, 9.17) is 0 Å². The topological polar surface area (TPSA) is 38.7 Å². The molecule has 0 spiro atoms. The van der Waals surface area contributed by atoms with E-state index >= 15 is 0 Å². The highest BCUT2D eigenvalue weighted by Crippen LogP contribution is 2.28. The van der Waals surface area contributed by atoms with Gasteiger partial charge in [0.25, 0.3) is 0 Å². The largest absolute Gasteiger partial charge is 0.244 e. The molecule has 0 unspecified atom stereocenters. The summed E-state index contributed by atoms with van der Waals surface area (Å²) in [7, 11) is 0. The zero-order valence-corrected chi connectivity index (χ0v) is 12.7. The normalized spacial score (nSPS) is 11.0. The molecular weight excluding hydrogens is 327 g/mol. The second kappa shape index (κ2) is 5.98. The molecule has 122 valence electrons. The Kier molecular flexibility index (Phi) is 3.65. The third kappa shape index (κ3) is 2.94. The SMILES string of the molecule is Fc1ccc(-c2ccc3ncnc(-c4cc(F)cc(F)c4)c3n2)cc1. The summed E-state index contributed by atoms with van der Waals surface area (Å²) in [5.74, 6) is -1.74. The van der Waals surface area contributed by atoms with Gasteiger partial charge in [-0.2, -0.15) is 0 Å². The first-order chi connectivity index (χ1) is 12.1. The number of fused-ring (bicyclic) bond motifs is 1. The number of aromatic nitrogens is 3. The molecule has 0 aliphatic heterocycles. The first-order valence-electron chi connectivity index (χ1n) is 7.44. The van der Waals surface area contributed by atoms with E-state index < -0.39 is 11.6 Å². The molecule has 2 heterocycles. The molecular formula is C19H10F3N3. The monoisotopic (exact) mass is 337 g/mol. The lowest BCUT2D eigenvalue weighted by atomic mass is 10.1. The average molecular weight is 337 g/mol. The second-order valence-electron chi connectivity index (χ2n) is 5.45. The molecule has 4 rings (SSSR count). The first-order valence-corrected chi connectivity index (χ1v) is 7.44. The van der Waals surface area contributed by atoms with E-state index in [1.807, 2.05) is 0 Å². The molecule has 2 aromatic heterocycles. The zero-order chi connectivity index (χ0) is 17.4. The van der Waals surface area contributed by atoms with Crippen molar-refractivity contribution in [1.29, 1.82) is 0 Å². The highest BCUT2D eigenvalue weighted by molar-refractivity contribution is 5.90. The molecule has 4 aromatic rings. The van der Waals surface area contributed by atoms with Crippen molar-refractivity contribution in [1.82, 2.24) is 15.0 Å². The van der Waals surface area contributed by atoms with Crippen molar-refractivity contribution in [3.8, 4) is 22.5 Å². The van der Waals surface area contributed by atoms with Crippen molar-refractivity contribution in [2.45, 2.75) is 0 Å². The maximum Gasteiger partial charge on any atom is 0.126 e. The molecule has 6 heteroatoms. The number of rotatable bonds is 2. The maximum absolute atomic E-state index is 13.6. The van der Waals surface area contributed by atoms with Crippen LogP contribution in [0.15, 0.2) is 60.9 Å². The lowest BCUT2D eigenvalue weighted by molar-refractivity contribution is 0.584. The molecule has 0 aliphatic rings. The highest BCUT2D eigenvalue weighted by atomic mass is 19.1. The summed E-state index contributed by atoms with van der Waals surface area (Å²) >= 11 is 0. The molecule has 0 aliphatic carbocycles. The van der Waals surface area contributed by atoms with Gasteiger partial charge in [-0.15, -0.1) is 0 Å². The van der Waals surface area contributed by atoms with Gasteiger partial charge in [-0.05, 0) is 48.5 Å². The Morgan fingerprint density at radius 1 is 0.640 bits per heavy atom. The number of halogens is 3. The number of nitrogens with zero attached hydrogens (tertiary/aromatic N) is 3. The van der Waals surface area contributed by atoms with E-state index in [0.29, 0.717) is 28.0 Å². The first kappa shape index (κ1) is 15.3. The van der Waals surface area contributed by atoms with Gasteiger partial charge in [0.15, 0.2) is 0 Å². The van der Waals surface area contributed by atoms with Crippen molar-refractivity contribution in [3.05, 3.63) is 78.4 Å². The summed E-state index contributed by atoms with van der Waals surface area (Å²) in [6, 6.07) is 12.6. The molecule has 0 atom stereocenters. The Bertz CT molecular complexity index is 1060. The molecule has 0 saturated carbocycles. The fraction of sp³-hybridized carbons (Fsp3) is 0. The summed E-state index contributed by atoms with van der Waals surface area (Å²) in [5, 5.41) is 0. The van der Waals surface area contributed by atoms with Crippen molar-refractivity contribution < 1.29 is 13.2 Å². The lowest BCUT2D eigenvalue weighted by Crippen LogP contribution is -1.95. The maximum atomic E-state index is 13.6. The third-order valence-corrected chi connectivity index (χ3v) is 3.76. The molecule has 2 aromatic carbocycles. The molecule has 0 bridgehead atoms. The summed E-state index contributed by atoms with van der Waals surface area (Å²) in [4.78, 5) is 12.8. The highest BCUT2D eigenvalue weighted by Gasteiger charge is 2.12. The van der Waals surface area contributed by atoms with Crippen molar-refractivity contribution in [2.24, 2.45) is 0 Å². The Morgan fingerprint density at radius 3 is 2.08 bits per heavy atom. The number of pyridine rings is 1. The molecule has 0 radical (unpaired) electrons. The van der Waals surface area contributed by atoms with Gasteiger partial charge in [0.1, 0.15) is 35.0 Å². The second-order valence-corrected chi connectivity index (χ2v) is 5.45. The summed E-state index contributed by atoms with van der Waals surface area (Å²) in [6.45, 7) is 0. The van der Waals surface area contributed by atoms with E-state index in [1.54, 1.807) is 24.3 Å². The average Bonchev–Trinajstić information content (AvgIpc) is 2.60. The Balaban J connectivity index is 1.93. The van der Waals surface area contributed by atoms with Gasteiger partial charge in [0.2, 0.25) is 0 Å². The molecule has 0 fully saturated rings. The minimum absolute atomic E-state index is 0.272. The number of hydrogen-bond acceptors (Lipinski definition) is 3. The van der Waals surface area contributed by atoms with Crippen LogP contribution in [-0.4, -0.2) is 15.0 Å². The standard InChI is InChI=1S/C19H10F3N3/c20-13-3-1-11(2-4-13)16-5-6-17-19(25-16)18(24-10-23-17)12-7-14(21)9-15(22)8-12/h1-10H. The van der Waals surface area contributed by atoms with Crippen LogP contribution in [-0.2, 0) is 0 Å². The van der Waals surface area contributed by atoms with E-state index in [1.165, 1.54) is 30.6 Å². The van der Waals surface area contributed by atoms with Crippen LogP contribution in [0.4, 0.5) is 13.2 Å². The van der Waals surface area contributed by atoms with Crippen LogP contribution >= 0.6 is 0 Å². The van der Waals surface area contributed by atoms with Gasteiger partial charge in [0.05, 0.1) is 11.2 Å². The van der Waals surface area contributed by atoms with Crippen molar-refractivity contribution >= 4 is 11.0 Å². The quantitative estimate of drug-likeness (QED) is 0.528. The van der Waals surface area contributed by atoms with Gasteiger partial charge < -0.3 is 0 Å². The van der Waals surface area contributed by atoms with Gasteiger partial charge >= 0.3 is 0 Å². The lowest BCUT2D eigenvalue weighted by Gasteiger charge is -2.07. The molecule has 0 N–H and O–H groups in total. The van der Waals surface area contributed by atoms with Crippen molar-refractivity contribution in [3.63, 3.8) is 0 Å². The van der Waals surface area contributed by atoms with Crippen molar-refractivity contribution in [2.75, 3.05) is 0 Å². The van der Waals surface area contributed by atoms with E-state index in [9.17, 15) is 13.2 Å². The van der Waals surface area contributed by atoms with Crippen LogP contribution in [0.1, 0.15) is 0 Å². The predicted octanol–water partition coefficient (Wildman–Crippen LogP) is 4.78. The predicted molar refractivity (Wildman–Crippen MR) is 88.1 cm³/mol. The molecule has 0 amide bonds. The van der Waals surface area contributed by atoms with Crippen LogP contribution < -0.4 is 0 Å². The van der Waals surface area contributed by atoms with Crippen LogP contribution in [0.2, 0.25) is 0 Å². The number of hydrogen-bond donors (Lipinski definition) is 0. The summed E-state index contributed by atoms with van der Waals surface area (Å²) in [6.07, 6.45) is 1.32. The fourth-order valence-electron chi connectivity index (χ4n) is 2.62. The Labute approximate surface area is 140 Å². The van der Waals surface area contributed by atoms with E-state index in [0.717, 1.165) is 6.07 Å². The number of benzene rings is 2. The fourth-order valence-corrected chi connectivity index (χ4v) is 2.62. The van der Waals surface area contributed by atoms with Gasteiger partial charge in [-0.25, -0.2) is 28.1 Å². The van der Waals surface area contributed by atoms with Crippen LogP contribution in [0.25, 0.3) is 33.5 Å². The molecule has 0 saturated heterocycles. The Morgan fingerprint density at radius 2 is 1.36 bits per heavy atom. The van der Waals surface area contributed by atoms with E-state index in [2.05, 4.69) is 15.0 Å². The zero-order valence-electron chi connectivity index (χ0n) is 12.7. The van der Waals surface area contributed by atoms with Crippen LogP contribution in [0.5, 0.6) is 0 Å². The molecule has 3 nitrogen and oxygen atoms in total. The minimum Gasteiger partial charge on any atom is -0.244 e.